The predicted octanol–water partition coefficient (Wildman–Crippen LogP) is 3.11. The van der Waals surface area contributed by atoms with Crippen LogP contribution in [0.1, 0.15) is 11.3 Å². The molecule has 0 aliphatic rings. The van der Waals surface area contributed by atoms with E-state index in [0.717, 1.165) is 29.0 Å². The molecule has 4 aromatic rings. The van der Waals surface area contributed by atoms with Gasteiger partial charge in [0, 0.05) is 17.5 Å². The summed E-state index contributed by atoms with van der Waals surface area (Å²) in [6.07, 6.45) is 2.22. The van der Waals surface area contributed by atoms with Gasteiger partial charge in [0.2, 0.25) is 5.82 Å². The highest BCUT2D eigenvalue weighted by atomic mass is 16.3. The van der Waals surface area contributed by atoms with Crippen molar-refractivity contribution in [3.05, 3.63) is 72.2 Å². The maximum atomic E-state index is 5.59. The highest BCUT2D eigenvalue weighted by Gasteiger charge is 2.12. The zero-order valence-electron chi connectivity index (χ0n) is 12.2. The summed E-state index contributed by atoms with van der Waals surface area (Å²) < 4.78 is 5.59. The molecule has 1 N–H and O–H groups in total. The summed E-state index contributed by atoms with van der Waals surface area (Å²) in [5.41, 5.74) is 3.99. The molecule has 0 aliphatic heterocycles. The van der Waals surface area contributed by atoms with Crippen LogP contribution >= 0.6 is 0 Å². The van der Waals surface area contributed by atoms with Gasteiger partial charge in [-0.05, 0) is 10.8 Å². The molecule has 2 aromatic carbocycles. The minimum Gasteiger partial charge on any atom is -0.443 e. The molecule has 0 amide bonds. The molecule has 0 unspecified atom stereocenters. The van der Waals surface area contributed by atoms with Crippen LogP contribution in [0.25, 0.3) is 22.7 Å². The van der Waals surface area contributed by atoms with Crippen LogP contribution in [0, 0.1) is 0 Å². The Hall–Kier alpha value is -3.28. The molecule has 0 spiro atoms. The first-order chi connectivity index (χ1) is 11.4. The number of aromatic nitrogens is 5. The molecule has 0 bridgehead atoms. The Labute approximate surface area is 132 Å². The second-order valence-corrected chi connectivity index (χ2v) is 5.10. The van der Waals surface area contributed by atoms with Crippen molar-refractivity contribution in [2.45, 2.75) is 6.42 Å². The molecule has 2 heterocycles. The standard InChI is InChI=1S/C17H13N5O/c1-2-4-12(5-3-1)10-15-16(23-11-18-15)13-6-8-14(9-7-13)17-19-21-22-20-17/h1-9,11H,10H2,(H,19,20,21,22). The van der Waals surface area contributed by atoms with Crippen molar-refractivity contribution in [2.24, 2.45) is 0 Å². The molecule has 0 saturated carbocycles. The summed E-state index contributed by atoms with van der Waals surface area (Å²) >= 11 is 0. The fourth-order valence-corrected chi connectivity index (χ4v) is 2.47. The first-order valence-electron chi connectivity index (χ1n) is 7.21. The van der Waals surface area contributed by atoms with Gasteiger partial charge in [0.05, 0.1) is 5.69 Å². The van der Waals surface area contributed by atoms with Gasteiger partial charge in [-0.25, -0.2) is 4.98 Å². The van der Waals surface area contributed by atoms with Crippen molar-refractivity contribution in [1.29, 1.82) is 0 Å². The van der Waals surface area contributed by atoms with Gasteiger partial charge in [-0.3, -0.25) is 0 Å². The van der Waals surface area contributed by atoms with Crippen molar-refractivity contribution in [3.63, 3.8) is 0 Å². The van der Waals surface area contributed by atoms with E-state index in [2.05, 4.69) is 37.7 Å². The maximum Gasteiger partial charge on any atom is 0.204 e. The Balaban J connectivity index is 1.63. The number of rotatable bonds is 4. The number of aromatic amines is 1. The van der Waals surface area contributed by atoms with E-state index < -0.39 is 0 Å². The van der Waals surface area contributed by atoms with Crippen molar-refractivity contribution in [3.8, 4) is 22.7 Å². The summed E-state index contributed by atoms with van der Waals surface area (Å²) in [4.78, 5) is 4.35. The molecule has 0 saturated heterocycles. The van der Waals surface area contributed by atoms with E-state index >= 15 is 0 Å². The van der Waals surface area contributed by atoms with E-state index in [4.69, 9.17) is 4.42 Å². The largest absolute Gasteiger partial charge is 0.443 e. The van der Waals surface area contributed by atoms with E-state index in [1.54, 1.807) is 0 Å². The van der Waals surface area contributed by atoms with Gasteiger partial charge in [0.25, 0.3) is 0 Å². The average molecular weight is 303 g/mol. The van der Waals surface area contributed by atoms with Gasteiger partial charge in [-0.15, -0.1) is 10.2 Å². The first-order valence-corrected chi connectivity index (χ1v) is 7.21. The number of hydrogen-bond acceptors (Lipinski definition) is 5. The number of tetrazole rings is 1. The van der Waals surface area contributed by atoms with Crippen LogP contribution < -0.4 is 0 Å². The molecule has 0 aliphatic carbocycles. The summed E-state index contributed by atoms with van der Waals surface area (Å²) in [5.74, 6) is 1.35. The zero-order chi connectivity index (χ0) is 15.5. The quantitative estimate of drug-likeness (QED) is 0.626. The van der Waals surface area contributed by atoms with Gasteiger partial charge in [0.1, 0.15) is 0 Å². The number of oxazole rings is 1. The van der Waals surface area contributed by atoms with E-state index in [9.17, 15) is 0 Å². The Morgan fingerprint density at radius 1 is 0.913 bits per heavy atom. The van der Waals surface area contributed by atoms with Crippen LogP contribution in [0.5, 0.6) is 0 Å². The third-order valence-corrected chi connectivity index (χ3v) is 3.61. The Kier molecular flexibility index (Phi) is 3.40. The van der Waals surface area contributed by atoms with Gasteiger partial charge < -0.3 is 4.42 Å². The molecule has 0 radical (unpaired) electrons. The molecule has 4 rings (SSSR count). The molecule has 2 aromatic heterocycles. The molecule has 6 nitrogen and oxygen atoms in total. The lowest BCUT2D eigenvalue weighted by Gasteiger charge is -2.03. The molecule has 23 heavy (non-hydrogen) atoms. The highest BCUT2D eigenvalue weighted by molar-refractivity contribution is 5.65. The SMILES string of the molecule is c1ccc(Cc2ncoc2-c2ccc(-c3nn[nH]n3)cc2)cc1. The number of H-pyrrole nitrogens is 1. The number of hydrogen-bond donors (Lipinski definition) is 1. The second-order valence-electron chi connectivity index (χ2n) is 5.10. The highest BCUT2D eigenvalue weighted by Crippen LogP contribution is 2.26. The molecular weight excluding hydrogens is 290 g/mol. The van der Waals surface area contributed by atoms with Gasteiger partial charge in [-0.2, -0.15) is 5.21 Å². The molecule has 0 atom stereocenters. The summed E-state index contributed by atoms with van der Waals surface area (Å²) in [5, 5.41) is 14.0. The minimum absolute atomic E-state index is 0.568. The molecule has 0 fully saturated rings. The van der Waals surface area contributed by atoms with Crippen LogP contribution in [0.2, 0.25) is 0 Å². The van der Waals surface area contributed by atoms with Crippen LogP contribution in [-0.2, 0) is 6.42 Å². The lowest BCUT2D eigenvalue weighted by Crippen LogP contribution is -1.91. The Bertz CT molecular complexity index is 882. The fraction of sp³-hybridized carbons (Fsp3) is 0.0588. The average Bonchev–Trinajstić information content (AvgIpc) is 3.28. The van der Waals surface area contributed by atoms with Gasteiger partial charge >= 0.3 is 0 Å². The summed E-state index contributed by atoms with van der Waals surface area (Å²) in [6, 6.07) is 18.0. The number of benzene rings is 2. The van der Waals surface area contributed by atoms with Crippen LogP contribution in [0.4, 0.5) is 0 Å². The lowest BCUT2D eigenvalue weighted by atomic mass is 10.0. The Morgan fingerprint density at radius 3 is 2.43 bits per heavy atom. The smallest absolute Gasteiger partial charge is 0.204 e. The van der Waals surface area contributed by atoms with Crippen molar-refractivity contribution >= 4 is 0 Å². The van der Waals surface area contributed by atoms with E-state index in [1.807, 2.05) is 42.5 Å². The van der Waals surface area contributed by atoms with E-state index in [0.29, 0.717) is 5.82 Å². The fourth-order valence-electron chi connectivity index (χ4n) is 2.47. The minimum atomic E-state index is 0.568. The topological polar surface area (TPSA) is 80.5 Å². The second kappa shape index (κ2) is 5.84. The van der Waals surface area contributed by atoms with E-state index in [1.165, 1.54) is 12.0 Å². The lowest BCUT2D eigenvalue weighted by molar-refractivity contribution is 0.571. The molecule has 112 valence electrons. The number of nitrogens with one attached hydrogen (secondary N) is 1. The Morgan fingerprint density at radius 2 is 1.70 bits per heavy atom. The maximum absolute atomic E-state index is 5.59. The first kappa shape index (κ1) is 13.4. The summed E-state index contributed by atoms with van der Waals surface area (Å²) in [6.45, 7) is 0. The summed E-state index contributed by atoms with van der Waals surface area (Å²) in [7, 11) is 0. The van der Waals surface area contributed by atoms with Crippen LogP contribution in [0.15, 0.2) is 65.4 Å². The van der Waals surface area contributed by atoms with Gasteiger partial charge in [0.15, 0.2) is 12.2 Å². The third kappa shape index (κ3) is 2.74. The molecule has 6 heteroatoms. The number of nitrogens with zero attached hydrogens (tertiary/aromatic N) is 4. The zero-order valence-corrected chi connectivity index (χ0v) is 12.2. The molecular formula is C17H13N5O. The van der Waals surface area contributed by atoms with Crippen molar-refractivity contribution < 1.29 is 4.42 Å². The van der Waals surface area contributed by atoms with Crippen molar-refractivity contribution in [2.75, 3.05) is 0 Å². The van der Waals surface area contributed by atoms with Crippen LogP contribution in [0.3, 0.4) is 0 Å². The van der Waals surface area contributed by atoms with Gasteiger partial charge in [-0.1, -0.05) is 54.6 Å². The normalized spacial score (nSPS) is 10.8. The predicted molar refractivity (Wildman–Crippen MR) is 84.4 cm³/mol. The third-order valence-electron chi connectivity index (χ3n) is 3.61. The monoisotopic (exact) mass is 303 g/mol. The van der Waals surface area contributed by atoms with Crippen molar-refractivity contribution in [1.82, 2.24) is 25.6 Å². The van der Waals surface area contributed by atoms with E-state index in [-0.39, 0.29) is 0 Å². The van der Waals surface area contributed by atoms with Crippen LogP contribution in [-0.4, -0.2) is 25.6 Å².